The summed E-state index contributed by atoms with van der Waals surface area (Å²) in [4.78, 5) is 1.21. The van der Waals surface area contributed by atoms with E-state index < -0.39 is 0 Å². The van der Waals surface area contributed by atoms with Gasteiger partial charge in [0, 0.05) is 15.5 Å². The summed E-state index contributed by atoms with van der Waals surface area (Å²) in [5.74, 6) is 0. The van der Waals surface area contributed by atoms with Crippen LogP contribution in [-0.4, -0.2) is 23.4 Å². The number of thiophene rings is 1. The van der Waals surface area contributed by atoms with Crippen LogP contribution in [0.15, 0.2) is 33.0 Å². The number of rotatable bonds is 5. The van der Waals surface area contributed by atoms with Crippen LogP contribution in [0.1, 0.15) is 4.88 Å². The summed E-state index contributed by atoms with van der Waals surface area (Å²) in [6.07, 6.45) is 6.65. The topological polar surface area (TPSA) is 32.6 Å². The first-order valence-corrected chi connectivity index (χ1v) is 7.66. The minimum atomic E-state index is 0.693. The van der Waals surface area contributed by atoms with Gasteiger partial charge < -0.3 is 5.21 Å². The van der Waals surface area contributed by atoms with Gasteiger partial charge in [-0.3, -0.25) is 0 Å². The molecule has 0 amide bonds. The van der Waals surface area contributed by atoms with Crippen LogP contribution in [0.5, 0.6) is 0 Å². The predicted molar refractivity (Wildman–Crippen MR) is 72.4 cm³/mol. The summed E-state index contributed by atoms with van der Waals surface area (Å²) in [6, 6.07) is 4.05. The largest absolute Gasteiger partial charge is 0.411 e. The zero-order valence-electron chi connectivity index (χ0n) is 8.64. The van der Waals surface area contributed by atoms with Crippen molar-refractivity contribution in [3.05, 3.63) is 32.7 Å². The van der Waals surface area contributed by atoms with Gasteiger partial charge >= 0.3 is 0 Å². The van der Waals surface area contributed by atoms with E-state index in [0.29, 0.717) is 12.1 Å². The van der Waals surface area contributed by atoms with Crippen LogP contribution in [0.2, 0.25) is 0 Å². The lowest BCUT2D eigenvalue weighted by molar-refractivity contribution is 0.318. The van der Waals surface area contributed by atoms with Gasteiger partial charge in [0.2, 0.25) is 0 Å². The maximum atomic E-state index is 8.89. The SMILES string of the molecule is CSC(=C/C(Cc1cccs1)=N/O)SC. The average Bonchev–Trinajstić information content (AvgIpc) is 2.76. The van der Waals surface area contributed by atoms with Crippen molar-refractivity contribution in [3.63, 3.8) is 0 Å². The Morgan fingerprint density at radius 1 is 1.53 bits per heavy atom. The summed E-state index contributed by atoms with van der Waals surface area (Å²) in [6.45, 7) is 0. The van der Waals surface area contributed by atoms with Gasteiger partial charge in [-0.1, -0.05) is 11.2 Å². The first-order chi connectivity index (χ1) is 7.30. The summed E-state index contributed by atoms with van der Waals surface area (Å²) in [5.41, 5.74) is 0.705. The third-order valence-corrected chi connectivity index (χ3v) is 4.67. The van der Waals surface area contributed by atoms with Crippen LogP contribution >= 0.6 is 34.9 Å². The van der Waals surface area contributed by atoms with Gasteiger partial charge in [0.05, 0.1) is 5.71 Å². The molecule has 1 heterocycles. The zero-order chi connectivity index (χ0) is 11.1. The first-order valence-electron chi connectivity index (χ1n) is 4.33. The number of hydrogen-bond acceptors (Lipinski definition) is 5. The molecule has 0 saturated heterocycles. The lowest BCUT2D eigenvalue weighted by Gasteiger charge is -2.00. The third-order valence-electron chi connectivity index (χ3n) is 1.75. The van der Waals surface area contributed by atoms with Crippen molar-refractivity contribution in [2.45, 2.75) is 6.42 Å². The van der Waals surface area contributed by atoms with Gasteiger partial charge in [0.1, 0.15) is 0 Å². The maximum Gasteiger partial charge on any atom is 0.0863 e. The molecule has 1 N–H and O–H groups in total. The second kappa shape index (κ2) is 6.98. The average molecular weight is 259 g/mol. The minimum Gasteiger partial charge on any atom is -0.411 e. The Morgan fingerprint density at radius 2 is 2.27 bits per heavy atom. The van der Waals surface area contributed by atoms with Crippen LogP contribution < -0.4 is 0 Å². The highest BCUT2D eigenvalue weighted by Gasteiger charge is 2.02. The normalized spacial score (nSPS) is 11.5. The molecule has 0 unspecified atom stereocenters. The van der Waals surface area contributed by atoms with E-state index in [9.17, 15) is 0 Å². The molecule has 1 aromatic rings. The molecule has 0 aliphatic rings. The Morgan fingerprint density at radius 3 is 2.73 bits per heavy atom. The fraction of sp³-hybridized carbons (Fsp3) is 0.300. The van der Waals surface area contributed by atoms with Crippen LogP contribution in [0.25, 0.3) is 0 Å². The fourth-order valence-electron chi connectivity index (χ4n) is 1.04. The van der Waals surface area contributed by atoms with E-state index in [1.54, 1.807) is 34.9 Å². The lowest BCUT2D eigenvalue weighted by atomic mass is 10.2. The van der Waals surface area contributed by atoms with Gasteiger partial charge in [-0.2, -0.15) is 0 Å². The number of oxime groups is 1. The quantitative estimate of drug-likeness (QED) is 0.497. The Bertz CT molecular complexity index is 338. The Balaban J connectivity index is 2.69. The fourth-order valence-corrected chi connectivity index (χ4v) is 2.94. The molecule has 82 valence electrons. The molecule has 15 heavy (non-hydrogen) atoms. The van der Waals surface area contributed by atoms with Crippen LogP contribution in [-0.2, 0) is 6.42 Å². The molecule has 5 heteroatoms. The molecule has 0 bridgehead atoms. The highest BCUT2D eigenvalue weighted by molar-refractivity contribution is 8.21. The molecule has 0 aliphatic heterocycles. The number of nitrogens with zero attached hydrogens (tertiary/aromatic N) is 1. The van der Waals surface area contributed by atoms with E-state index in [4.69, 9.17) is 5.21 Å². The van der Waals surface area contributed by atoms with Crippen molar-refractivity contribution in [2.75, 3.05) is 12.5 Å². The summed E-state index contributed by atoms with van der Waals surface area (Å²) >= 11 is 5.00. The van der Waals surface area contributed by atoms with Crippen molar-refractivity contribution in [1.29, 1.82) is 0 Å². The van der Waals surface area contributed by atoms with Gasteiger partial charge in [0.15, 0.2) is 0 Å². The lowest BCUT2D eigenvalue weighted by Crippen LogP contribution is -1.98. The van der Waals surface area contributed by atoms with E-state index >= 15 is 0 Å². The van der Waals surface area contributed by atoms with Crippen LogP contribution in [0.4, 0.5) is 0 Å². The molecule has 2 nitrogen and oxygen atoms in total. The molecule has 0 radical (unpaired) electrons. The van der Waals surface area contributed by atoms with Gasteiger partial charge in [-0.15, -0.1) is 34.9 Å². The molecular formula is C10H13NOS3. The molecule has 1 rings (SSSR count). The second-order valence-corrected chi connectivity index (χ2v) is 5.71. The van der Waals surface area contributed by atoms with Crippen molar-refractivity contribution in [1.82, 2.24) is 0 Å². The third kappa shape index (κ3) is 4.32. The molecule has 1 aromatic heterocycles. The smallest absolute Gasteiger partial charge is 0.0863 e. The van der Waals surface area contributed by atoms with E-state index in [-0.39, 0.29) is 0 Å². The summed E-state index contributed by atoms with van der Waals surface area (Å²) < 4.78 is 1.15. The number of thioether (sulfide) groups is 2. The van der Waals surface area contributed by atoms with Gasteiger partial charge in [0.25, 0.3) is 0 Å². The minimum absolute atomic E-state index is 0.693. The first kappa shape index (κ1) is 12.7. The zero-order valence-corrected chi connectivity index (χ0v) is 11.1. The Hall–Kier alpha value is -0.390. The second-order valence-electron chi connectivity index (χ2n) is 2.72. The number of hydrogen-bond donors (Lipinski definition) is 1. The maximum absolute atomic E-state index is 8.89. The summed E-state index contributed by atoms with van der Waals surface area (Å²) in [7, 11) is 0. The van der Waals surface area contributed by atoms with E-state index in [0.717, 1.165) is 4.24 Å². The summed E-state index contributed by atoms with van der Waals surface area (Å²) in [5, 5.41) is 14.2. The van der Waals surface area contributed by atoms with Crippen LogP contribution in [0.3, 0.4) is 0 Å². The molecule has 0 atom stereocenters. The standard InChI is InChI=1S/C10H13NOS3/c1-13-10(14-2)7-8(11-12)6-9-4-3-5-15-9/h3-5,7,12H,6H2,1-2H3/b11-8+. The molecule has 0 aromatic carbocycles. The Labute approximate surface area is 102 Å². The number of allylic oxidation sites excluding steroid dienone is 1. The Kier molecular flexibility index (Phi) is 5.90. The molecule has 0 saturated carbocycles. The predicted octanol–water partition coefficient (Wildman–Crippen LogP) is 3.69. The van der Waals surface area contributed by atoms with E-state index in [2.05, 4.69) is 5.16 Å². The van der Waals surface area contributed by atoms with E-state index in [1.807, 2.05) is 36.1 Å². The highest BCUT2D eigenvalue weighted by Crippen LogP contribution is 2.23. The van der Waals surface area contributed by atoms with E-state index in [1.165, 1.54) is 4.88 Å². The molecule has 0 spiro atoms. The van der Waals surface area contributed by atoms with Crippen molar-refractivity contribution < 1.29 is 5.21 Å². The monoisotopic (exact) mass is 259 g/mol. The van der Waals surface area contributed by atoms with Crippen molar-refractivity contribution >= 4 is 40.6 Å². The molecular weight excluding hydrogens is 246 g/mol. The van der Waals surface area contributed by atoms with Crippen LogP contribution in [0, 0.1) is 0 Å². The van der Waals surface area contributed by atoms with Crippen molar-refractivity contribution in [3.8, 4) is 0 Å². The molecule has 0 aliphatic carbocycles. The van der Waals surface area contributed by atoms with Crippen molar-refractivity contribution in [2.24, 2.45) is 5.16 Å². The van der Waals surface area contributed by atoms with Gasteiger partial charge in [-0.25, -0.2) is 0 Å². The highest BCUT2D eigenvalue weighted by atomic mass is 32.2. The van der Waals surface area contributed by atoms with Gasteiger partial charge in [-0.05, 0) is 30.0 Å². The molecule has 0 fully saturated rings.